The lowest BCUT2D eigenvalue weighted by molar-refractivity contribution is -0.104. The third-order valence-electron chi connectivity index (χ3n) is 3.01. The second kappa shape index (κ2) is 7.29. The molecule has 0 saturated heterocycles. The zero-order valence-electron chi connectivity index (χ0n) is 12.2. The van der Waals surface area contributed by atoms with E-state index < -0.39 is 0 Å². The van der Waals surface area contributed by atoms with E-state index in [-0.39, 0.29) is 0 Å². The summed E-state index contributed by atoms with van der Waals surface area (Å²) < 4.78 is 11.1. The fraction of sp³-hybridized carbons (Fsp3) is 0.167. The van der Waals surface area contributed by atoms with Gasteiger partial charge in [-0.15, -0.1) is 0 Å². The van der Waals surface area contributed by atoms with Gasteiger partial charge in [0.15, 0.2) is 11.5 Å². The molecule has 0 aliphatic rings. The van der Waals surface area contributed by atoms with E-state index in [2.05, 4.69) is 0 Å². The molecular formula is C18H18O3. The molecule has 0 radical (unpaired) electrons. The Morgan fingerprint density at radius 3 is 2.52 bits per heavy atom. The molecule has 21 heavy (non-hydrogen) atoms. The highest BCUT2D eigenvalue weighted by atomic mass is 16.5. The summed E-state index contributed by atoms with van der Waals surface area (Å²) in [5.41, 5.74) is 2.65. The van der Waals surface area contributed by atoms with Crippen molar-refractivity contribution < 1.29 is 14.3 Å². The molecule has 2 aromatic carbocycles. The van der Waals surface area contributed by atoms with Crippen molar-refractivity contribution in [3.05, 3.63) is 65.2 Å². The zero-order valence-corrected chi connectivity index (χ0v) is 12.2. The average Bonchev–Trinajstić information content (AvgIpc) is 2.54. The molecule has 0 fully saturated rings. The molecule has 0 bridgehead atoms. The van der Waals surface area contributed by atoms with Crippen LogP contribution in [-0.4, -0.2) is 13.4 Å². The van der Waals surface area contributed by atoms with Crippen LogP contribution in [0.1, 0.15) is 18.1 Å². The van der Waals surface area contributed by atoms with Gasteiger partial charge >= 0.3 is 0 Å². The summed E-state index contributed by atoms with van der Waals surface area (Å²) >= 11 is 0. The third kappa shape index (κ3) is 4.21. The Bertz CT molecular complexity index is 630. The molecule has 0 amide bonds. The van der Waals surface area contributed by atoms with Gasteiger partial charge in [-0.1, -0.05) is 36.4 Å². The smallest absolute Gasteiger partial charge is 0.162 e. The van der Waals surface area contributed by atoms with Crippen molar-refractivity contribution in [2.45, 2.75) is 13.5 Å². The second-order valence-electron chi connectivity index (χ2n) is 4.69. The van der Waals surface area contributed by atoms with E-state index in [0.717, 1.165) is 17.4 Å². The summed E-state index contributed by atoms with van der Waals surface area (Å²) in [6, 6.07) is 15.5. The normalized spacial score (nSPS) is 11.0. The molecule has 0 aliphatic heterocycles. The van der Waals surface area contributed by atoms with Crippen LogP contribution in [0.25, 0.3) is 6.08 Å². The molecule has 108 valence electrons. The summed E-state index contributed by atoms with van der Waals surface area (Å²) in [4.78, 5) is 10.7. The fourth-order valence-corrected chi connectivity index (χ4v) is 1.93. The van der Waals surface area contributed by atoms with E-state index in [1.54, 1.807) is 14.0 Å². The van der Waals surface area contributed by atoms with Gasteiger partial charge in [-0.3, -0.25) is 4.79 Å². The molecule has 0 N–H and O–H groups in total. The Morgan fingerprint density at radius 2 is 1.86 bits per heavy atom. The lowest BCUT2D eigenvalue weighted by atomic mass is 10.1. The lowest BCUT2D eigenvalue weighted by Gasteiger charge is -2.11. The van der Waals surface area contributed by atoms with Crippen LogP contribution in [0.15, 0.2) is 54.1 Å². The van der Waals surface area contributed by atoms with Crippen LogP contribution in [0.2, 0.25) is 0 Å². The number of hydrogen-bond donors (Lipinski definition) is 0. The van der Waals surface area contributed by atoms with Crippen molar-refractivity contribution in [3.63, 3.8) is 0 Å². The van der Waals surface area contributed by atoms with Crippen molar-refractivity contribution >= 4 is 12.4 Å². The van der Waals surface area contributed by atoms with Gasteiger partial charge in [-0.25, -0.2) is 0 Å². The predicted molar refractivity (Wildman–Crippen MR) is 83.5 cm³/mol. The minimum atomic E-state index is 0.469. The van der Waals surface area contributed by atoms with Crippen molar-refractivity contribution in [3.8, 4) is 11.5 Å². The van der Waals surface area contributed by atoms with Gasteiger partial charge in [0, 0.05) is 0 Å². The van der Waals surface area contributed by atoms with Gasteiger partial charge in [0.1, 0.15) is 12.9 Å². The lowest BCUT2D eigenvalue weighted by Crippen LogP contribution is -1.98. The van der Waals surface area contributed by atoms with Crippen LogP contribution in [0, 0.1) is 0 Å². The Kier molecular flexibility index (Phi) is 5.16. The van der Waals surface area contributed by atoms with Crippen LogP contribution in [0.4, 0.5) is 0 Å². The van der Waals surface area contributed by atoms with Crippen LogP contribution in [-0.2, 0) is 11.4 Å². The average molecular weight is 282 g/mol. The number of hydrogen-bond acceptors (Lipinski definition) is 3. The number of carbonyl (C=O) groups excluding carboxylic acids is 1. The molecule has 0 heterocycles. The summed E-state index contributed by atoms with van der Waals surface area (Å²) in [7, 11) is 1.61. The van der Waals surface area contributed by atoms with Crippen molar-refractivity contribution in [1.29, 1.82) is 0 Å². The highest BCUT2D eigenvalue weighted by Gasteiger charge is 2.05. The minimum absolute atomic E-state index is 0.469. The molecule has 0 atom stereocenters. The number of methoxy groups -OCH3 is 1. The van der Waals surface area contributed by atoms with Gasteiger partial charge in [0.05, 0.1) is 7.11 Å². The number of ether oxygens (including phenoxy) is 2. The molecule has 2 aromatic rings. The largest absolute Gasteiger partial charge is 0.493 e. The van der Waals surface area contributed by atoms with Gasteiger partial charge < -0.3 is 9.47 Å². The standard InChI is InChI=1S/C18H18O3/c1-14(12-19)10-16-8-9-17(20-2)18(11-16)21-13-15-6-4-3-5-7-15/h3-12H,13H2,1-2H3/b14-10+. The van der Waals surface area contributed by atoms with Gasteiger partial charge in [-0.05, 0) is 41.8 Å². The molecule has 0 unspecified atom stereocenters. The van der Waals surface area contributed by atoms with Crippen molar-refractivity contribution in [2.75, 3.05) is 7.11 Å². The summed E-state index contributed by atoms with van der Waals surface area (Å²) in [6.45, 7) is 2.23. The van der Waals surface area contributed by atoms with Crippen LogP contribution < -0.4 is 9.47 Å². The Hall–Kier alpha value is -2.55. The first-order valence-electron chi connectivity index (χ1n) is 6.71. The van der Waals surface area contributed by atoms with Crippen LogP contribution >= 0.6 is 0 Å². The maximum atomic E-state index is 10.7. The Balaban J connectivity index is 2.20. The van der Waals surface area contributed by atoms with E-state index in [1.165, 1.54) is 0 Å². The summed E-state index contributed by atoms with van der Waals surface area (Å²) in [5.74, 6) is 1.33. The van der Waals surface area contributed by atoms with Gasteiger partial charge in [-0.2, -0.15) is 0 Å². The molecule has 0 spiro atoms. The second-order valence-corrected chi connectivity index (χ2v) is 4.69. The summed E-state index contributed by atoms with van der Waals surface area (Å²) in [5, 5.41) is 0. The topological polar surface area (TPSA) is 35.5 Å². The number of allylic oxidation sites excluding steroid dienone is 1. The quantitative estimate of drug-likeness (QED) is 0.596. The maximum Gasteiger partial charge on any atom is 0.162 e. The number of aldehydes is 1. The van der Waals surface area contributed by atoms with E-state index in [9.17, 15) is 4.79 Å². The monoisotopic (exact) mass is 282 g/mol. The molecule has 0 aliphatic carbocycles. The van der Waals surface area contributed by atoms with E-state index >= 15 is 0 Å². The SMILES string of the molecule is COc1ccc(/C=C(\C)C=O)cc1OCc1ccccc1. The number of benzene rings is 2. The third-order valence-corrected chi connectivity index (χ3v) is 3.01. The molecule has 3 nitrogen and oxygen atoms in total. The fourth-order valence-electron chi connectivity index (χ4n) is 1.93. The van der Waals surface area contributed by atoms with Crippen molar-refractivity contribution in [2.24, 2.45) is 0 Å². The van der Waals surface area contributed by atoms with Crippen molar-refractivity contribution in [1.82, 2.24) is 0 Å². The minimum Gasteiger partial charge on any atom is -0.493 e. The molecule has 0 aromatic heterocycles. The molecule has 3 heteroatoms. The highest BCUT2D eigenvalue weighted by Crippen LogP contribution is 2.29. The van der Waals surface area contributed by atoms with Gasteiger partial charge in [0.2, 0.25) is 0 Å². The Morgan fingerprint density at radius 1 is 1.10 bits per heavy atom. The molecule has 0 saturated carbocycles. The maximum absolute atomic E-state index is 10.7. The zero-order chi connectivity index (χ0) is 15.1. The first kappa shape index (κ1) is 14.9. The Labute approximate surface area is 124 Å². The predicted octanol–water partition coefficient (Wildman–Crippen LogP) is 3.88. The van der Waals surface area contributed by atoms with Crippen LogP contribution in [0.3, 0.4) is 0 Å². The van der Waals surface area contributed by atoms with Gasteiger partial charge in [0.25, 0.3) is 0 Å². The van der Waals surface area contributed by atoms with E-state index in [1.807, 2.05) is 54.6 Å². The van der Waals surface area contributed by atoms with Crippen LogP contribution in [0.5, 0.6) is 11.5 Å². The first-order chi connectivity index (χ1) is 10.2. The molecule has 2 rings (SSSR count). The van der Waals surface area contributed by atoms with E-state index in [0.29, 0.717) is 23.7 Å². The highest BCUT2D eigenvalue weighted by molar-refractivity contribution is 5.81. The summed E-state index contributed by atoms with van der Waals surface area (Å²) in [6.07, 6.45) is 2.64. The number of rotatable bonds is 6. The number of carbonyl (C=O) groups is 1. The molecular weight excluding hydrogens is 264 g/mol. The first-order valence-corrected chi connectivity index (χ1v) is 6.71. The van der Waals surface area contributed by atoms with E-state index in [4.69, 9.17) is 9.47 Å².